The van der Waals surface area contributed by atoms with Gasteiger partial charge in [0, 0.05) is 20.0 Å². The summed E-state index contributed by atoms with van der Waals surface area (Å²) in [7, 11) is 1.81. The second-order valence-corrected chi connectivity index (χ2v) is 6.58. The molecule has 0 heterocycles. The fraction of sp³-hybridized carbons (Fsp3) is 0.588. The summed E-state index contributed by atoms with van der Waals surface area (Å²) in [6.07, 6.45) is 0.499. The number of aliphatic hydroxyl groups is 1. The molecule has 0 saturated heterocycles. The molecule has 1 unspecified atom stereocenters. The molecule has 1 atom stereocenters. The van der Waals surface area contributed by atoms with Gasteiger partial charge in [-0.3, -0.25) is 4.79 Å². The number of hydrogen-bond donors (Lipinski definition) is 1. The maximum Gasteiger partial charge on any atom is 0.222 e. The standard InChI is InChI=1S/C17H27NO2/c1-13(19)6-11-16(20)18(5)12-14-7-9-15(10-8-14)17(2,3)4/h7-10,13,19H,6,11-12H2,1-5H3. The van der Waals surface area contributed by atoms with Crippen molar-refractivity contribution in [3.05, 3.63) is 35.4 Å². The van der Waals surface area contributed by atoms with E-state index in [1.807, 2.05) is 7.05 Å². The molecule has 3 nitrogen and oxygen atoms in total. The summed E-state index contributed by atoms with van der Waals surface area (Å²) in [5.74, 6) is 0.0748. The Kier molecular flexibility index (Phi) is 5.75. The summed E-state index contributed by atoms with van der Waals surface area (Å²) in [6.45, 7) is 8.89. The van der Waals surface area contributed by atoms with E-state index in [-0.39, 0.29) is 11.3 Å². The van der Waals surface area contributed by atoms with Crippen LogP contribution >= 0.6 is 0 Å². The Morgan fingerprint density at radius 1 is 1.25 bits per heavy atom. The highest BCUT2D eigenvalue weighted by atomic mass is 16.3. The maximum atomic E-state index is 11.9. The Labute approximate surface area is 122 Å². The number of aliphatic hydroxyl groups excluding tert-OH is 1. The molecule has 0 aliphatic heterocycles. The van der Waals surface area contributed by atoms with Crippen molar-refractivity contribution in [3.8, 4) is 0 Å². The van der Waals surface area contributed by atoms with Gasteiger partial charge in [-0.2, -0.15) is 0 Å². The van der Waals surface area contributed by atoms with Crippen LogP contribution in [-0.4, -0.2) is 29.1 Å². The van der Waals surface area contributed by atoms with E-state index >= 15 is 0 Å². The second kappa shape index (κ2) is 6.89. The lowest BCUT2D eigenvalue weighted by Crippen LogP contribution is -2.26. The topological polar surface area (TPSA) is 40.5 Å². The van der Waals surface area contributed by atoms with E-state index in [9.17, 15) is 9.90 Å². The van der Waals surface area contributed by atoms with Crippen molar-refractivity contribution in [2.75, 3.05) is 7.05 Å². The van der Waals surface area contributed by atoms with Crippen molar-refractivity contribution >= 4 is 5.91 Å². The molecule has 0 spiro atoms. The molecule has 3 heteroatoms. The molecule has 0 radical (unpaired) electrons. The Bertz CT molecular complexity index is 429. The summed E-state index contributed by atoms with van der Waals surface area (Å²) < 4.78 is 0. The average molecular weight is 277 g/mol. The third-order valence-corrected chi connectivity index (χ3v) is 3.44. The lowest BCUT2D eigenvalue weighted by atomic mass is 9.87. The van der Waals surface area contributed by atoms with Crippen LogP contribution in [0.4, 0.5) is 0 Å². The summed E-state index contributed by atoms with van der Waals surface area (Å²) in [4.78, 5) is 13.6. The van der Waals surface area contributed by atoms with Gasteiger partial charge >= 0.3 is 0 Å². The SMILES string of the molecule is CC(O)CCC(=O)N(C)Cc1ccc(C(C)(C)C)cc1. The predicted molar refractivity (Wildman–Crippen MR) is 82.5 cm³/mol. The molecule has 0 bridgehead atoms. The van der Waals surface area contributed by atoms with Gasteiger partial charge in [-0.05, 0) is 29.9 Å². The van der Waals surface area contributed by atoms with E-state index < -0.39 is 6.10 Å². The molecular weight excluding hydrogens is 250 g/mol. The number of carbonyl (C=O) groups is 1. The maximum absolute atomic E-state index is 11.9. The number of nitrogens with zero attached hydrogens (tertiary/aromatic N) is 1. The Hall–Kier alpha value is -1.35. The monoisotopic (exact) mass is 277 g/mol. The first-order valence-corrected chi connectivity index (χ1v) is 7.21. The van der Waals surface area contributed by atoms with Crippen molar-refractivity contribution in [1.82, 2.24) is 4.90 Å². The van der Waals surface area contributed by atoms with E-state index in [2.05, 4.69) is 45.0 Å². The molecular formula is C17H27NO2. The Morgan fingerprint density at radius 2 is 1.80 bits per heavy atom. The summed E-state index contributed by atoms with van der Waals surface area (Å²) in [5, 5.41) is 9.21. The molecule has 1 aromatic rings. The van der Waals surface area contributed by atoms with Gasteiger partial charge < -0.3 is 10.0 Å². The van der Waals surface area contributed by atoms with Crippen LogP contribution in [0.1, 0.15) is 51.7 Å². The van der Waals surface area contributed by atoms with E-state index in [0.29, 0.717) is 19.4 Å². The summed E-state index contributed by atoms with van der Waals surface area (Å²) in [6, 6.07) is 8.42. The second-order valence-electron chi connectivity index (χ2n) is 6.58. The lowest BCUT2D eigenvalue weighted by Gasteiger charge is -2.21. The number of amides is 1. The van der Waals surface area contributed by atoms with E-state index in [1.54, 1.807) is 11.8 Å². The van der Waals surface area contributed by atoms with Gasteiger partial charge in [-0.1, -0.05) is 45.0 Å². The zero-order valence-electron chi connectivity index (χ0n) is 13.3. The summed E-state index contributed by atoms with van der Waals surface area (Å²) in [5.41, 5.74) is 2.58. The normalized spacial score (nSPS) is 13.1. The van der Waals surface area contributed by atoms with Crippen LogP contribution in [-0.2, 0) is 16.8 Å². The van der Waals surface area contributed by atoms with Gasteiger partial charge in [0.1, 0.15) is 0 Å². The number of carbonyl (C=O) groups excluding carboxylic acids is 1. The van der Waals surface area contributed by atoms with Crippen LogP contribution in [0.5, 0.6) is 0 Å². The summed E-state index contributed by atoms with van der Waals surface area (Å²) >= 11 is 0. The zero-order valence-corrected chi connectivity index (χ0v) is 13.3. The molecule has 1 amide bonds. The average Bonchev–Trinajstić information content (AvgIpc) is 2.35. The minimum absolute atomic E-state index is 0.0748. The lowest BCUT2D eigenvalue weighted by molar-refractivity contribution is -0.131. The minimum atomic E-state index is -0.418. The molecule has 0 fully saturated rings. The fourth-order valence-corrected chi connectivity index (χ4v) is 2.00. The van der Waals surface area contributed by atoms with Crippen LogP contribution in [0.2, 0.25) is 0 Å². The van der Waals surface area contributed by atoms with E-state index in [4.69, 9.17) is 0 Å². The van der Waals surface area contributed by atoms with Crippen LogP contribution in [0, 0.1) is 0 Å². The smallest absolute Gasteiger partial charge is 0.222 e. The zero-order chi connectivity index (χ0) is 15.3. The molecule has 0 aromatic heterocycles. The van der Waals surface area contributed by atoms with E-state index in [1.165, 1.54) is 5.56 Å². The van der Waals surface area contributed by atoms with Crippen LogP contribution in [0.3, 0.4) is 0 Å². The highest BCUT2D eigenvalue weighted by molar-refractivity contribution is 5.75. The van der Waals surface area contributed by atoms with Gasteiger partial charge in [0.15, 0.2) is 0 Å². The Morgan fingerprint density at radius 3 is 2.25 bits per heavy atom. The van der Waals surface area contributed by atoms with Crippen LogP contribution in [0.15, 0.2) is 24.3 Å². The molecule has 1 N–H and O–H groups in total. The molecule has 112 valence electrons. The van der Waals surface area contributed by atoms with Crippen LogP contribution < -0.4 is 0 Å². The van der Waals surface area contributed by atoms with Gasteiger partial charge in [0.2, 0.25) is 5.91 Å². The largest absolute Gasteiger partial charge is 0.393 e. The van der Waals surface area contributed by atoms with Crippen molar-refractivity contribution in [2.24, 2.45) is 0 Å². The Balaban J connectivity index is 2.58. The minimum Gasteiger partial charge on any atom is -0.393 e. The number of hydrogen-bond acceptors (Lipinski definition) is 2. The molecule has 0 aliphatic rings. The first kappa shape index (κ1) is 16.7. The van der Waals surface area contributed by atoms with Crippen molar-refractivity contribution in [2.45, 2.75) is 58.6 Å². The quantitative estimate of drug-likeness (QED) is 0.898. The molecule has 20 heavy (non-hydrogen) atoms. The number of rotatable bonds is 5. The highest BCUT2D eigenvalue weighted by Gasteiger charge is 2.14. The van der Waals surface area contributed by atoms with Gasteiger partial charge in [-0.15, -0.1) is 0 Å². The molecule has 0 aliphatic carbocycles. The molecule has 1 aromatic carbocycles. The molecule has 0 saturated carbocycles. The predicted octanol–water partition coefficient (Wildman–Crippen LogP) is 3.10. The van der Waals surface area contributed by atoms with Crippen LogP contribution in [0.25, 0.3) is 0 Å². The molecule has 1 rings (SSSR count). The van der Waals surface area contributed by atoms with E-state index in [0.717, 1.165) is 5.56 Å². The van der Waals surface area contributed by atoms with Gasteiger partial charge in [-0.25, -0.2) is 0 Å². The van der Waals surface area contributed by atoms with Crippen molar-refractivity contribution in [3.63, 3.8) is 0 Å². The number of benzene rings is 1. The third kappa shape index (κ3) is 5.33. The fourth-order valence-electron chi connectivity index (χ4n) is 2.00. The first-order chi connectivity index (χ1) is 9.20. The highest BCUT2D eigenvalue weighted by Crippen LogP contribution is 2.22. The van der Waals surface area contributed by atoms with Crippen molar-refractivity contribution < 1.29 is 9.90 Å². The van der Waals surface area contributed by atoms with Crippen molar-refractivity contribution in [1.29, 1.82) is 0 Å². The van der Waals surface area contributed by atoms with Gasteiger partial charge in [0.05, 0.1) is 6.10 Å². The van der Waals surface area contributed by atoms with Gasteiger partial charge in [0.25, 0.3) is 0 Å². The third-order valence-electron chi connectivity index (χ3n) is 3.44. The first-order valence-electron chi connectivity index (χ1n) is 7.21.